The first-order valence-corrected chi connectivity index (χ1v) is 8.87. The Labute approximate surface area is 148 Å². The lowest BCUT2D eigenvalue weighted by Crippen LogP contribution is -2.52. The van der Waals surface area contributed by atoms with Crippen molar-refractivity contribution in [3.63, 3.8) is 0 Å². The molecule has 2 saturated heterocycles. The molecule has 0 aliphatic carbocycles. The summed E-state index contributed by atoms with van der Waals surface area (Å²) in [5, 5.41) is 0. The molecule has 0 spiro atoms. The van der Waals surface area contributed by atoms with E-state index >= 15 is 0 Å². The number of hydrogen-bond donors (Lipinski definition) is 0. The van der Waals surface area contributed by atoms with Crippen molar-refractivity contribution in [2.75, 3.05) is 19.8 Å². The highest BCUT2D eigenvalue weighted by atomic mass is 16.6. The van der Waals surface area contributed by atoms with Crippen molar-refractivity contribution >= 4 is 12.1 Å². The van der Waals surface area contributed by atoms with Crippen molar-refractivity contribution in [1.82, 2.24) is 4.90 Å². The zero-order chi connectivity index (χ0) is 17.7. The van der Waals surface area contributed by atoms with Gasteiger partial charge in [0.25, 0.3) is 0 Å². The second-order valence-electron chi connectivity index (χ2n) is 6.78. The van der Waals surface area contributed by atoms with Gasteiger partial charge in [-0.2, -0.15) is 0 Å². The molecule has 0 aromatic heterocycles. The normalized spacial score (nSPS) is 25.3. The maximum atomic E-state index is 12.5. The molecule has 25 heavy (non-hydrogen) atoms. The number of ether oxygens (including phenoxy) is 3. The molecule has 136 valence electrons. The number of carbonyl (C=O) groups is 2. The molecule has 2 aliphatic rings. The molecule has 1 amide bonds. The molecule has 1 aromatic rings. The fourth-order valence-corrected chi connectivity index (χ4v) is 3.22. The van der Waals surface area contributed by atoms with E-state index in [0.29, 0.717) is 26.0 Å². The van der Waals surface area contributed by atoms with Gasteiger partial charge in [0.05, 0.1) is 12.7 Å². The van der Waals surface area contributed by atoms with Gasteiger partial charge >= 0.3 is 12.1 Å². The van der Waals surface area contributed by atoms with Gasteiger partial charge in [-0.05, 0) is 31.7 Å². The van der Waals surface area contributed by atoms with Crippen molar-refractivity contribution in [2.24, 2.45) is 0 Å². The minimum Gasteiger partial charge on any atom is -0.464 e. The number of rotatable bonds is 6. The van der Waals surface area contributed by atoms with E-state index in [4.69, 9.17) is 14.2 Å². The van der Waals surface area contributed by atoms with Crippen LogP contribution in [-0.4, -0.2) is 48.4 Å². The molecule has 6 heteroatoms. The second-order valence-corrected chi connectivity index (χ2v) is 6.78. The summed E-state index contributed by atoms with van der Waals surface area (Å²) in [6, 6.07) is 9.49. The van der Waals surface area contributed by atoms with E-state index < -0.39 is 11.6 Å². The van der Waals surface area contributed by atoms with Gasteiger partial charge in [0, 0.05) is 19.6 Å². The topological polar surface area (TPSA) is 65.1 Å². The first-order chi connectivity index (χ1) is 12.1. The van der Waals surface area contributed by atoms with Crippen molar-refractivity contribution in [1.29, 1.82) is 0 Å². The largest absolute Gasteiger partial charge is 0.464 e. The fourth-order valence-electron chi connectivity index (χ4n) is 3.22. The van der Waals surface area contributed by atoms with Crippen LogP contribution in [0.5, 0.6) is 0 Å². The van der Waals surface area contributed by atoms with Crippen molar-refractivity contribution in [2.45, 2.75) is 50.9 Å². The Kier molecular flexibility index (Phi) is 5.58. The van der Waals surface area contributed by atoms with Gasteiger partial charge in [-0.1, -0.05) is 30.3 Å². The van der Waals surface area contributed by atoms with Gasteiger partial charge < -0.3 is 14.2 Å². The highest BCUT2D eigenvalue weighted by molar-refractivity contribution is 5.86. The lowest BCUT2D eigenvalue weighted by molar-refractivity contribution is -0.156. The molecule has 0 N–H and O–H groups in total. The SMILES string of the molecule is CC1(C(=O)OCCC2CCO2)CCCN1C(=O)OCc1ccccc1. The van der Waals surface area contributed by atoms with Gasteiger partial charge in [-0.3, -0.25) is 4.90 Å². The molecular formula is C19H25NO5. The molecule has 6 nitrogen and oxygen atoms in total. The number of benzene rings is 1. The number of likely N-dealkylation sites (tertiary alicyclic amines) is 1. The van der Waals surface area contributed by atoms with Crippen LogP contribution in [0.15, 0.2) is 30.3 Å². The predicted octanol–water partition coefficient (Wildman–Crippen LogP) is 2.90. The van der Waals surface area contributed by atoms with E-state index in [1.165, 1.54) is 4.90 Å². The Morgan fingerprint density at radius 2 is 2.04 bits per heavy atom. The zero-order valence-electron chi connectivity index (χ0n) is 14.6. The molecule has 2 unspecified atom stereocenters. The molecular weight excluding hydrogens is 322 g/mol. The number of hydrogen-bond acceptors (Lipinski definition) is 5. The highest BCUT2D eigenvalue weighted by Crippen LogP contribution is 2.31. The number of esters is 1. The van der Waals surface area contributed by atoms with Crippen LogP contribution in [0, 0.1) is 0 Å². The second kappa shape index (κ2) is 7.87. The van der Waals surface area contributed by atoms with Crippen LogP contribution in [0.3, 0.4) is 0 Å². The van der Waals surface area contributed by atoms with Gasteiger partial charge in [0.2, 0.25) is 0 Å². The summed E-state index contributed by atoms with van der Waals surface area (Å²) in [6.07, 6.45) is 2.82. The fraction of sp³-hybridized carbons (Fsp3) is 0.579. The summed E-state index contributed by atoms with van der Waals surface area (Å²) >= 11 is 0. The van der Waals surface area contributed by atoms with Crippen molar-refractivity contribution in [3.8, 4) is 0 Å². The summed E-state index contributed by atoms with van der Waals surface area (Å²) in [5.41, 5.74) is -0.0337. The molecule has 0 radical (unpaired) electrons. The monoisotopic (exact) mass is 347 g/mol. The van der Waals surface area contributed by atoms with Crippen LogP contribution in [0.2, 0.25) is 0 Å². The van der Waals surface area contributed by atoms with E-state index in [9.17, 15) is 9.59 Å². The summed E-state index contributed by atoms with van der Waals surface area (Å²) in [6.45, 7) is 3.57. The Balaban J connectivity index is 1.52. The Hall–Kier alpha value is -2.08. The Bertz CT molecular complexity index is 601. The van der Waals surface area contributed by atoms with Crippen molar-refractivity contribution < 1.29 is 23.8 Å². The summed E-state index contributed by atoms with van der Waals surface area (Å²) < 4.78 is 16.1. The minimum atomic E-state index is -0.950. The maximum Gasteiger partial charge on any atom is 0.411 e. The molecule has 0 bridgehead atoms. The van der Waals surface area contributed by atoms with Gasteiger partial charge in [-0.15, -0.1) is 0 Å². The summed E-state index contributed by atoms with van der Waals surface area (Å²) in [7, 11) is 0. The minimum absolute atomic E-state index is 0.195. The Morgan fingerprint density at radius 1 is 1.28 bits per heavy atom. The van der Waals surface area contributed by atoms with E-state index in [-0.39, 0.29) is 18.7 Å². The summed E-state index contributed by atoms with van der Waals surface area (Å²) in [5.74, 6) is -0.360. The van der Waals surface area contributed by atoms with Crippen LogP contribution < -0.4 is 0 Å². The number of nitrogens with zero attached hydrogens (tertiary/aromatic N) is 1. The number of amides is 1. The van der Waals surface area contributed by atoms with E-state index in [0.717, 1.165) is 25.0 Å². The molecule has 3 rings (SSSR count). The van der Waals surface area contributed by atoms with Gasteiger partial charge in [0.15, 0.2) is 0 Å². The molecule has 2 heterocycles. The van der Waals surface area contributed by atoms with E-state index in [1.807, 2.05) is 30.3 Å². The highest BCUT2D eigenvalue weighted by Gasteiger charge is 2.48. The first kappa shape index (κ1) is 17.7. The molecule has 1 aromatic carbocycles. The van der Waals surface area contributed by atoms with E-state index in [2.05, 4.69) is 0 Å². The smallest absolute Gasteiger partial charge is 0.411 e. The lowest BCUT2D eigenvalue weighted by atomic mass is 9.99. The quantitative estimate of drug-likeness (QED) is 0.740. The molecule has 2 atom stereocenters. The van der Waals surface area contributed by atoms with Crippen LogP contribution >= 0.6 is 0 Å². The van der Waals surface area contributed by atoms with Crippen LogP contribution in [0.1, 0.15) is 38.2 Å². The third-order valence-electron chi connectivity index (χ3n) is 4.97. The van der Waals surface area contributed by atoms with Crippen molar-refractivity contribution in [3.05, 3.63) is 35.9 Å². The average Bonchev–Trinajstić information content (AvgIpc) is 2.99. The Morgan fingerprint density at radius 3 is 2.72 bits per heavy atom. The van der Waals surface area contributed by atoms with Crippen LogP contribution in [-0.2, 0) is 25.6 Å². The molecule has 2 aliphatic heterocycles. The van der Waals surface area contributed by atoms with Gasteiger partial charge in [0.1, 0.15) is 12.1 Å². The van der Waals surface area contributed by atoms with Crippen LogP contribution in [0.25, 0.3) is 0 Å². The number of carbonyl (C=O) groups excluding carboxylic acids is 2. The predicted molar refractivity (Wildman–Crippen MR) is 90.9 cm³/mol. The van der Waals surface area contributed by atoms with Crippen LogP contribution in [0.4, 0.5) is 4.79 Å². The molecule has 0 saturated carbocycles. The average molecular weight is 347 g/mol. The maximum absolute atomic E-state index is 12.5. The van der Waals surface area contributed by atoms with Gasteiger partial charge in [-0.25, -0.2) is 9.59 Å². The first-order valence-electron chi connectivity index (χ1n) is 8.87. The standard InChI is InChI=1S/C19H25NO5/c1-19(17(21)24-13-9-16-8-12-23-16)10-5-11-20(19)18(22)25-14-15-6-3-2-4-7-15/h2-4,6-7,16H,5,8-14H2,1H3. The zero-order valence-corrected chi connectivity index (χ0v) is 14.6. The third kappa shape index (κ3) is 4.12. The van der Waals surface area contributed by atoms with E-state index in [1.54, 1.807) is 6.92 Å². The third-order valence-corrected chi connectivity index (χ3v) is 4.97. The summed E-state index contributed by atoms with van der Waals surface area (Å²) in [4.78, 5) is 26.5. The lowest BCUT2D eigenvalue weighted by Gasteiger charge is -2.32. The molecule has 2 fully saturated rings.